The summed E-state index contributed by atoms with van der Waals surface area (Å²) >= 11 is 0. The van der Waals surface area contributed by atoms with Crippen molar-refractivity contribution in [2.45, 2.75) is 39.2 Å². The summed E-state index contributed by atoms with van der Waals surface area (Å²) in [7, 11) is 0. The van der Waals surface area contributed by atoms with Gasteiger partial charge < -0.3 is 10.0 Å². The fraction of sp³-hybridized carbons (Fsp3) is 0.583. The molecule has 0 atom stereocenters. The number of aryl methyl sites for hydroxylation is 2. The van der Waals surface area contributed by atoms with E-state index >= 15 is 0 Å². The minimum absolute atomic E-state index is 0.144. The molecule has 0 radical (unpaired) electrons. The van der Waals surface area contributed by atoms with E-state index in [0.29, 0.717) is 12.6 Å². The van der Waals surface area contributed by atoms with Crippen LogP contribution in [0.2, 0.25) is 0 Å². The number of carboxylic acid groups (broad SMARTS) is 1. The number of carboxylic acids is 1. The van der Waals surface area contributed by atoms with E-state index in [1.54, 1.807) is 6.20 Å². The average Bonchev–Trinajstić information content (AvgIpc) is 3.07. The number of carbonyl (C=O) groups is 1. The summed E-state index contributed by atoms with van der Waals surface area (Å²) in [6.45, 7) is 4.36. The molecule has 5 heteroatoms. The van der Waals surface area contributed by atoms with Crippen LogP contribution in [0.4, 0.5) is 5.82 Å². The number of anilines is 1. The molecule has 0 aliphatic heterocycles. The summed E-state index contributed by atoms with van der Waals surface area (Å²) in [6, 6.07) is 0.450. The number of aromatic nitrogens is 2. The van der Waals surface area contributed by atoms with Crippen molar-refractivity contribution in [3.05, 3.63) is 17.6 Å². The smallest absolute Gasteiger partial charge is 0.305 e. The van der Waals surface area contributed by atoms with Gasteiger partial charge in [-0.3, -0.25) is 9.78 Å². The third kappa shape index (κ3) is 2.93. The van der Waals surface area contributed by atoms with Crippen LogP contribution in [0.25, 0.3) is 0 Å². The van der Waals surface area contributed by atoms with Crippen LogP contribution in [0, 0.1) is 13.8 Å². The first-order valence-corrected chi connectivity index (χ1v) is 5.86. The maximum atomic E-state index is 10.6. The van der Waals surface area contributed by atoms with Crippen LogP contribution in [-0.4, -0.2) is 33.6 Å². The van der Waals surface area contributed by atoms with Gasteiger partial charge in [0.1, 0.15) is 5.82 Å². The Kier molecular flexibility index (Phi) is 3.26. The second kappa shape index (κ2) is 4.69. The lowest BCUT2D eigenvalue weighted by Crippen LogP contribution is -2.29. The molecule has 0 amide bonds. The first kappa shape index (κ1) is 11.8. The Morgan fingerprint density at radius 1 is 1.47 bits per heavy atom. The zero-order chi connectivity index (χ0) is 12.4. The first-order valence-electron chi connectivity index (χ1n) is 5.86. The van der Waals surface area contributed by atoms with Crippen molar-refractivity contribution in [1.82, 2.24) is 9.97 Å². The summed E-state index contributed by atoms with van der Waals surface area (Å²) in [6.07, 6.45) is 4.12. The Bertz CT molecular complexity index is 430. The zero-order valence-electron chi connectivity index (χ0n) is 10.2. The van der Waals surface area contributed by atoms with Gasteiger partial charge in [0.25, 0.3) is 0 Å². The highest BCUT2D eigenvalue weighted by atomic mass is 16.4. The highest BCUT2D eigenvalue weighted by molar-refractivity contribution is 5.67. The van der Waals surface area contributed by atoms with Crippen LogP contribution in [0.15, 0.2) is 6.20 Å². The molecule has 1 N–H and O–H groups in total. The Labute approximate surface area is 100 Å². The van der Waals surface area contributed by atoms with E-state index in [1.807, 2.05) is 13.8 Å². The number of aliphatic carboxylic acids is 1. The van der Waals surface area contributed by atoms with Gasteiger partial charge in [0.05, 0.1) is 24.0 Å². The molecule has 5 nitrogen and oxygen atoms in total. The molecule has 1 fully saturated rings. The molecule has 1 saturated carbocycles. The maximum absolute atomic E-state index is 10.6. The van der Waals surface area contributed by atoms with Gasteiger partial charge in [0.2, 0.25) is 0 Å². The van der Waals surface area contributed by atoms with E-state index in [-0.39, 0.29) is 6.42 Å². The van der Waals surface area contributed by atoms with Crippen LogP contribution in [-0.2, 0) is 4.79 Å². The first-order chi connectivity index (χ1) is 8.08. The monoisotopic (exact) mass is 235 g/mol. The number of hydrogen-bond donors (Lipinski definition) is 1. The van der Waals surface area contributed by atoms with Crippen molar-refractivity contribution in [2.24, 2.45) is 0 Å². The summed E-state index contributed by atoms with van der Waals surface area (Å²) in [5, 5.41) is 8.75. The quantitative estimate of drug-likeness (QED) is 0.838. The fourth-order valence-electron chi connectivity index (χ4n) is 1.75. The Morgan fingerprint density at radius 2 is 2.18 bits per heavy atom. The van der Waals surface area contributed by atoms with Crippen molar-refractivity contribution in [3.8, 4) is 0 Å². The van der Waals surface area contributed by atoms with Gasteiger partial charge in [-0.25, -0.2) is 4.98 Å². The minimum Gasteiger partial charge on any atom is -0.481 e. The van der Waals surface area contributed by atoms with Crippen LogP contribution in [0.5, 0.6) is 0 Å². The van der Waals surface area contributed by atoms with E-state index in [0.717, 1.165) is 30.0 Å². The highest BCUT2D eigenvalue weighted by Crippen LogP contribution is 2.30. The zero-order valence-corrected chi connectivity index (χ0v) is 10.2. The van der Waals surface area contributed by atoms with Crippen molar-refractivity contribution in [1.29, 1.82) is 0 Å². The number of hydrogen-bond acceptors (Lipinski definition) is 4. The van der Waals surface area contributed by atoms with E-state index in [9.17, 15) is 4.79 Å². The molecule has 92 valence electrons. The molecule has 1 aromatic rings. The minimum atomic E-state index is -0.771. The maximum Gasteiger partial charge on any atom is 0.305 e. The lowest BCUT2D eigenvalue weighted by molar-refractivity contribution is -0.136. The van der Waals surface area contributed by atoms with E-state index in [2.05, 4.69) is 14.9 Å². The third-order valence-electron chi connectivity index (χ3n) is 3.03. The van der Waals surface area contributed by atoms with Crippen LogP contribution < -0.4 is 4.90 Å². The number of nitrogens with zero attached hydrogens (tertiary/aromatic N) is 3. The largest absolute Gasteiger partial charge is 0.481 e. The van der Waals surface area contributed by atoms with Gasteiger partial charge >= 0.3 is 5.97 Å². The molecule has 17 heavy (non-hydrogen) atoms. The SMILES string of the molecule is Cc1ncc(N(CCC(=O)O)C2CC2)nc1C. The summed E-state index contributed by atoms with van der Waals surface area (Å²) < 4.78 is 0. The van der Waals surface area contributed by atoms with Gasteiger partial charge in [0.15, 0.2) is 0 Å². The molecular weight excluding hydrogens is 218 g/mol. The average molecular weight is 235 g/mol. The molecular formula is C12H17N3O2. The molecule has 0 spiro atoms. The van der Waals surface area contributed by atoms with Crippen molar-refractivity contribution in [2.75, 3.05) is 11.4 Å². The summed E-state index contributed by atoms with van der Waals surface area (Å²) in [4.78, 5) is 21.5. The molecule has 0 saturated heterocycles. The standard InChI is InChI=1S/C12H17N3O2/c1-8-9(2)14-11(7-13-8)15(10-3-4-10)6-5-12(16)17/h7,10H,3-6H2,1-2H3,(H,16,17). The van der Waals surface area contributed by atoms with E-state index < -0.39 is 5.97 Å². The van der Waals surface area contributed by atoms with Gasteiger partial charge in [0, 0.05) is 12.6 Å². The molecule has 0 unspecified atom stereocenters. The second-order valence-electron chi connectivity index (χ2n) is 4.47. The molecule has 1 aromatic heterocycles. The van der Waals surface area contributed by atoms with Gasteiger partial charge in [-0.2, -0.15) is 0 Å². The van der Waals surface area contributed by atoms with Gasteiger partial charge in [-0.05, 0) is 26.7 Å². The van der Waals surface area contributed by atoms with Crippen LogP contribution in [0.3, 0.4) is 0 Å². The Morgan fingerprint density at radius 3 is 2.71 bits per heavy atom. The molecule has 0 aromatic carbocycles. The fourth-order valence-corrected chi connectivity index (χ4v) is 1.75. The second-order valence-corrected chi connectivity index (χ2v) is 4.47. The van der Waals surface area contributed by atoms with Crippen molar-refractivity contribution in [3.63, 3.8) is 0 Å². The van der Waals surface area contributed by atoms with E-state index in [4.69, 9.17) is 5.11 Å². The molecule has 1 aliphatic carbocycles. The van der Waals surface area contributed by atoms with Crippen molar-refractivity contribution < 1.29 is 9.90 Å². The molecule has 1 heterocycles. The highest BCUT2D eigenvalue weighted by Gasteiger charge is 2.30. The predicted molar refractivity (Wildman–Crippen MR) is 64.1 cm³/mol. The van der Waals surface area contributed by atoms with E-state index in [1.165, 1.54) is 0 Å². The summed E-state index contributed by atoms with van der Waals surface area (Å²) in [5.41, 5.74) is 1.83. The van der Waals surface area contributed by atoms with Gasteiger partial charge in [-0.1, -0.05) is 0 Å². The molecule has 2 rings (SSSR count). The van der Waals surface area contributed by atoms with Gasteiger partial charge in [-0.15, -0.1) is 0 Å². The lowest BCUT2D eigenvalue weighted by Gasteiger charge is -2.22. The lowest BCUT2D eigenvalue weighted by atomic mass is 10.3. The van der Waals surface area contributed by atoms with Crippen LogP contribution in [0.1, 0.15) is 30.7 Å². The summed E-state index contributed by atoms with van der Waals surface area (Å²) in [5.74, 6) is 0.0318. The number of rotatable bonds is 5. The Balaban J connectivity index is 2.14. The third-order valence-corrected chi connectivity index (χ3v) is 3.03. The Hall–Kier alpha value is -1.65. The normalized spacial score (nSPS) is 14.7. The van der Waals surface area contributed by atoms with Crippen LogP contribution >= 0.6 is 0 Å². The van der Waals surface area contributed by atoms with Crippen molar-refractivity contribution >= 4 is 11.8 Å². The predicted octanol–water partition coefficient (Wildman–Crippen LogP) is 1.54. The topological polar surface area (TPSA) is 66.3 Å². The molecule has 1 aliphatic rings. The molecule has 0 bridgehead atoms.